The van der Waals surface area contributed by atoms with Crippen LogP contribution in [-0.2, 0) is 10.0 Å². The monoisotopic (exact) mass is 372 g/mol. The number of aromatic nitrogens is 1. The zero-order valence-electron chi connectivity index (χ0n) is 11.7. The molecule has 1 aliphatic rings. The maximum atomic E-state index is 12.5. The summed E-state index contributed by atoms with van der Waals surface area (Å²) in [6.45, 7) is 3.91. The van der Waals surface area contributed by atoms with Gasteiger partial charge in [-0.05, 0) is 28.4 Å². The average Bonchev–Trinajstić information content (AvgIpc) is 2.49. The normalized spacial score (nSPS) is 19.1. The van der Waals surface area contributed by atoms with Crippen LogP contribution in [0.4, 0.5) is 0 Å². The van der Waals surface area contributed by atoms with Crippen molar-refractivity contribution >= 4 is 26.0 Å². The van der Waals surface area contributed by atoms with Crippen LogP contribution in [0.2, 0.25) is 0 Å². The van der Waals surface area contributed by atoms with Crippen molar-refractivity contribution in [3.8, 4) is 6.07 Å². The summed E-state index contributed by atoms with van der Waals surface area (Å²) in [4.78, 5) is 6.13. The second-order valence-corrected chi connectivity index (χ2v) is 7.69. The smallest absolute Gasteiger partial charge is 0.244 e. The molecular weight excluding hydrogens is 356 g/mol. The summed E-state index contributed by atoms with van der Waals surface area (Å²) in [6, 6.07) is 3.67. The number of halogens is 1. The minimum Gasteiger partial charge on any atom is -0.285 e. The van der Waals surface area contributed by atoms with Gasteiger partial charge in [-0.1, -0.05) is 6.92 Å². The number of hydrogen-bond acceptors (Lipinski definition) is 5. The van der Waals surface area contributed by atoms with E-state index in [1.54, 1.807) is 12.3 Å². The Bertz CT molecular complexity index is 636. The molecule has 1 atom stereocenters. The van der Waals surface area contributed by atoms with E-state index < -0.39 is 10.0 Å². The number of nitrogens with zero attached hydrogens (tertiary/aromatic N) is 4. The molecule has 0 radical (unpaired) electrons. The second kappa shape index (κ2) is 6.83. The summed E-state index contributed by atoms with van der Waals surface area (Å²) in [6.07, 6.45) is 3.66. The van der Waals surface area contributed by atoms with Crippen LogP contribution in [0.5, 0.6) is 0 Å². The molecule has 114 valence electrons. The first-order chi connectivity index (χ1) is 9.98. The van der Waals surface area contributed by atoms with E-state index in [0.717, 1.165) is 6.42 Å². The molecule has 0 saturated carbocycles. The molecule has 1 aromatic rings. The van der Waals surface area contributed by atoms with E-state index in [1.165, 1.54) is 10.5 Å². The van der Waals surface area contributed by atoms with E-state index in [4.69, 9.17) is 5.26 Å². The second-order valence-electron chi connectivity index (χ2n) is 4.83. The number of piperazine rings is 1. The van der Waals surface area contributed by atoms with E-state index in [0.29, 0.717) is 30.7 Å². The van der Waals surface area contributed by atoms with E-state index >= 15 is 0 Å². The van der Waals surface area contributed by atoms with Gasteiger partial charge in [0.05, 0.1) is 12.1 Å². The first-order valence-corrected chi connectivity index (χ1v) is 8.96. The fourth-order valence-electron chi connectivity index (χ4n) is 2.37. The summed E-state index contributed by atoms with van der Waals surface area (Å²) in [5, 5.41) is 9.08. The maximum absolute atomic E-state index is 12.5. The topological polar surface area (TPSA) is 77.3 Å². The van der Waals surface area contributed by atoms with E-state index in [-0.39, 0.29) is 10.9 Å². The quantitative estimate of drug-likeness (QED) is 0.799. The molecule has 21 heavy (non-hydrogen) atoms. The molecule has 1 aliphatic heterocycles. The van der Waals surface area contributed by atoms with E-state index in [1.807, 2.05) is 11.8 Å². The highest BCUT2D eigenvalue weighted by Gasteiger charge is 2.30. The van der Waals surface area contributed by atoms with Crippen LogP contribution in [0.15, 0.2) is 27.8 Å². The molecule has 6 nitrogen and oxygen atoms in total. The third kappa shape index (κ3) is 3.61. The van der Waals surface area contributed by atoms with Gasteiger partial charge in [0.25, 0.3) is 0 Å². The number of sulfonamides is 1. The van der Waals surface area contributed by atoms with Crippen LogP contribution >= 0.6 is 15.9 Å². The first-order valence-electron chi connectivity index (χ1n) is 6.73. The molecule has 0 aliphatic carbocycles. The molecule has 2 heterocycles. The molecule has 0 bridgehead atoms. The minimum absolute atomic E-state index is 0.137. The average molecular weight is 373 g/mol. The van der Waals surface area contributed by atoms with Crippen molar-refractivity contribution in [3.05, 3.63) is 22.9 Å². The van der Waals surface area contributed by atoms with Crippen LogP contribution in [0.3, 0.4) is 0 Å². The van der Waals surface area contributed by atoms with Crippen LogP contribution in [0, 0.1) is 11.3 Å². The Balaban J connectivity index is 2.10. The number of hydrogen-bond donors (Lipinski definition) is 0. The lowest BCUT2D eigenvalue weighted by atomic mass is 10.2. The zero-order chi connectivity index (χ0) is 15.5. The zero-order valence-corrected chi connectivity index (χ0v) is 14.1. The van der Waals surface area contributed by atoms with Gasteiger partial charge in [0.15, 0.2) is 0 Å². The highest BCUT2D eigenvalue weighted by Crippen LogP contribution is 2.20. The lowest BCUT2D eigenvalue weighted by Crippen LogP contribution is -2.51. The van der Waals surface area contributed by atoms with Gasteiger partial charge in [0.1, 0.15) is 4.90 Å². The van der Waals surface area contributed by atoms with Gasteiger partial charge in [-0.3, -0.25) is 9.88 Å². The summed E-state index contributed by atoms with van der Waals surface area (Å²) >= 11 is 3.24. The van der Waals surface area contributed by atoms with Gasteiger partial charge in [-0.2, -0.15) is 9.57 Å². The first kappa shape index (κ1) is 16.4. The summed E-state index contributed by atoms with van der Waals surface area (Å²) < 4.78 is 27.2. The Hall–Kier alpha value is -1.01. The number of nitriles is 1. The van der Waals surface area contributed by atoms with Crippen LogP contribution in [0.25, 0.3) is 0 Å². The van der Waals surface area contributed by atoms with Gasteiger partial charge in [-0.15, -0.1) is 0 Å². The van der Waals surface area contributed by atoms with Crippen molar-refractivity contribution in [3.63, 3.8) is 0 Å². The summed E-state index contributed by atoms with van der Waals surface area (Å²) in [5.41, 5.74) is 0. The molecule has 1 fully saturated rings. The Morgan fingerprint density at radius 1 is 1.38 bits per heavy atom. The fraction of sp³-hybridized carbons (Fsp3) is 0.538. The third-order valence-corrected chi connectivity index (χ3v) is 5.86. The van der Waals surface area contributed by atoms with Crippen molar-refractivity contribution < 1.29 is 8.42 Å². The standard InChI is InChI=1S/C13H17BrN4O2S/c1-2-12(8-15)17-3-5-18(6-4-17)21(19,20)13-7-11(14)9-16-10-13/h7,9-10,12H,2-6H2,1H3. The molecule has 1 saturated heterocycles. The van der Waals surface area contributed by atoms with Crippen LogP contribution in [-0.4, -0.2) is 54.8 Å². The largest absolute Gasteiger partial charge is 0.285 e. The maximum Gasteiger partial charge on any atom is 0.244 e. The molecule has 0 aromatic carbocycles. The Labute approximate surface area is 133 Å². The highest BCUT2D eigenvalue weighted by molar-refractivity contribution is 9.10. The Morgan fingerprint density at radius 3 is 2.57 bits per heavy atom. The SMILES string of the molecule is CCC(C#N)N1CCN(S(=O)(=O)c2cncc(Br)c2)CC1. The van der Waals surface area contributed by atoms with Crippen molar-refractivity contribution in [2.45, 2.75) is 24.3 Å². The predicted molar refractivity (Wildman–Crippen MR) is 82.0 cm³/mol. The number of rotatable bonds is 4. The molecular formula is C13H17BrN4O2S. The lowest BCUT2D eigenvalue weighted by molar-refractivity contribution is 0.159. The molecule has 8 heteroatoms. The third-order valence-electron chi connectivity index (χ3n) is 3.57. The van der Waals surface area contributed by atoms with Crippen molar-refractivity contribution in [1.82, 2.24) is 14.2 Å². The summed E-state index contributed by atoms with van der Waals surface area (Å²) in [5.74, 6) is 0. The van der Waals surface area contributed by atoms with Crippen molar-refractivity contribution in [2.75, 3.05) is 26.2 Å². The van der Waals surface area contributed by atoms with E-state index in [9.17, 15) is 8.42 Å². The van der Waals surface area contributed by atoms with E-state index in [2.05, 4.69) is 27.0 Å². The molecule has 1 unspecified atom stereocenters. The predicted octanol–water partition coefficient (Wildman–Crippen LogP) is 1.45. The molecule has 0 N–H and O–H groups in total. The fourth-order valence-corrected chi connectivity index (χ4v) is 4.30. The van der Waals surface area contributed by atoms with Crippen LogP contribution < -0.4 is 0 Å². The van der Waals surface area contributed by atoms with Gasteiger partial charge in [0.2, 0.25) is 10.0 Å². The van der Waals surface area contributed by atoms with Gasteiger partial charge >= 0.3 is 0 Å². The highest BCUT2D eigenvalue weighted by atomic mass is 79.9. The summed E-state index contributed by atoms with van der Waals surface area (Å²) in [7, 11) is -3.52. The van der Waals surface area contributed by atoms with Gasteiger partial charge in [-0.25, -0.2) is 8.42 Å². The molecule has 2 rings (SSSR count). The van der Waals surface area contributed by atoms with Crippen molar-refractivity contribution in [2.24, 2.45) is 0 Å². The Morgan fingerprint density at radius 2 is 2.05 bits per heavy atom. The molecule has 0 amide bonds. The lowest BCUT2D eigenvalue weighted by Gasteiger charge is -2.35. The number of pyridine rings is 1. The van der Waals surface area contributed by atoms with Gasteiger partial charge < -0.3 is 0 Å². The molecule has 1 aromatic heterocycles. The minimum atomic E-state index is -3.52. The van der Waals surface area contributed by atoms with Crippen molar-refractivity contribution in [1.29, 1.82) is 5.26 Å². The van der Waals surface area contributed by atoms with Gasteiger partial charge in [0, 0.05) is 43.0 Å². The molecule has 0 spiro atoms. The Kier molecular flexibility index (Phi) is 5.32. The van der Waals surface area contributed by atoms with Crippen LogP contribution in [0.1, 0.15) is 13.3 Å².